The van der Waals surface area contributed by atoms with E-state index in [2.05, 4.69) is 52.3 Å². The van der Waals surface area contributed by atoms with E-state index in [4.69, 9.17) is 4.74 Å². The second-order valence-electron chi connectivity index (χ2n) is 16.8. The molecule has 6 aliphatic rings. The number of benzene rings is 3. The molecule has 4 heterocycles. The van der Waals surface area contributed by atoms with Gasteiger partial charge in [0.05, 0.1) is 30.3 Å². The number of nitrogens with zero attached hydrogens (tertiary/aromatic N) is 4. The minimum atomic E-state index is -0.625. The van der Waals surface area contributed by atoms with Gasteiger partial charge in [0.2, 0.25) is 23.6 Å². The minimum Gasteiger partial charge on any atom is -0.504 e. The highest BCUT2D eigenvalue weighted by atomic mass is 16.5. The number of rotatable bonds is 9. The average Bonchev–Trinajstić information content (AvgIpc) is 3.63. The van der Waals surface area contributed by atoms with Gasteiger partial charge in [-0.15, -0.1) is 0 Å². The molecule has 0 bridgehead atoms. The van der Waals surface area contributed by atoms with Crippen molar-refractivity contribution in [3.8, 4) is 11.5 Å². The number of imide groups is 2. The molecule has 2 aliphatic carbocycles. The monoisotopic (exact) mass is 756 g/mol. The van der Waals surface area contributed by atoms with Crippen LogP contribution in [0.15, 0.2) is 90.5 Å². The zero-order valence-corrected chi connectivity index (χ0v) is 32.2. The highest BCUT2D eigenvalue weighted by molar-refractivity contribution is 6.08. The van der Waals surface area contributed by atoms with E-state index < -0.39 is 29.6 Å². The van der Waals surface area contributed by atoms with E-state index >= 15 is 0 Å². The van der Waals surface area contributed by atoms with Crippen molar-refractivity contribution in [1.82, 2.24) is 19.6 Å². The quantitative estimate of drug-likeness (QED) is 0.217. The van der Waals surface area contributed by atoms with Gasteiger partial charge in [0.15, 0.2) is 11.5 Å². The summed E-state index contributed by atoms with van der Waals surface area (Å²) in [6, 6.07) is 25.6. The molecule has 4 saturated heterocycles. The third kappa shape index (κ3) is 6.54. The highest BCUT2D eigenvalue weighted by Crippen LogP contribution is 2.59. The smallest absolute Gasteiger partial charge is 0.234 e. The summed E-state index contributed by atoms with van der Waals surface area (Å²) in [6.45, 7) is 7.09. The molecule has 3 aromatic carbocycles. The predicted molar refractivity (Wildman–Crippen MR) is 210 cm³/mol. The van der Waals surface area contributed by atoms with E-state index in [-0.39, 0.29) is 47.4 Å². The van der Waals surface area contributed by atoms with Crippen LogP contribution in [0.5, 0.6) is 11.5 Å². The van der Waals surface area contributed by atoms with Crippen molar-refractivity contribution in [1.29, 1.82) is 0 Å². The van der Waals surface area contributed by atoms with E-state index in [9.17, 15) is 24.3 Å². The SMILES string of the molecule is CCOc1cc(C2C3=CCC4C(=O)N(C5CCN(Cc6ccccc6)CC5)C(=O)C4C3CC3C(=O)N(C4CCN(Cc5ccccc5)CC4)C(=O)C32)ccc1O. The van der Waals surface area contributed by atoms with Crippen LogP contribution in [-0.4, -0.2) is 93.2 Å². The molecule has 6 atom stereocenters. The number of aromatic hydroxyl groups is 1. The Labute approximate surface area is 329 Å². The van der Waals surface area contributed by atoms with Gasteiger partial charge in [-0.3, -0.25) is 38.8 Å². The molecule has 0 spiro atoms. The number of fused-ring (bicyclic) bond motifs is 4. The van der Waals surface area contributed by atoms with Gasteiger partial charge in [0, 0.05) is 57.3 Å². The number of carbonyl (C=O) groups excluding carboxylic acids is 4. The van der Waals surface area contributed by atoms with E-state index in [1.165, 1.54) is 11.1 Å². The minimum absolute atomic E-state index is 0.0111. The number of hydrogen-bond donors (Lipinski definition) is 1. The lowest BCUT2D eigenvalue weighted by Gasteiger charge is -2.44. The first kappa shape index (κ1) is 36.8. The summed E-state index contributed by atoms with van der Waals surface area (Å²) in [5.41, 5.74) is 4.26. The molecule has 10 heteroatoms. The largest absolute Gasteiger partial charge is 0.504 e. The highest BCUT2D eigenvalue weighted by Gasteiger charge is 2.63. The van der Waals surface area contributed by atoms with Crippen LogP contribution >= 0.6 is 0 Å². The first-order valence-electron chi connectivity index (χ1n) is 20.7. The molecular weight excluding hydrogens is 705 g/mol. The van der Waals surface area contributed by atoms with Crippen LogP contribution in [0, 0.1) is 29.6 Å². The first-order valence-corrected chi connectivity index (χ1v) is 20.7. The lowest BCUT2D eigenvalue weighted by Crippen LogP contribution is -2.48. The number of phenolic OH excluding ortho intramolecular Hbond substituents is 1. The van der Waals surface area contributed by atoms with Crippen LogP contribution in [0.4, 0.5) is 0 Å². The van der Waals surface area contributed by atoms with Crippen LogP contribution in [-0.2, 0) is 32.3 Å². The Hall–Kier alpha value is -4.80. The standard InChI is InChI=1S/C46H52N4O6/c1-2-56-39-25-31(13-16-38(39)51)40-34-14-15-35-41(45(54)49(43(35)52)32-17-21-47(22-18-32)27-29-9-5-3-6-10-29)36(34)26-37-42(40)46(55)50(44(37)53)33-19-23-48(24-20-33)28-30-11-7-4-8-12-30/h3-14,16,25,32-33,35-37,40-42,51H,2,15,17-24,26-28H2,1H3. The summed E-state index contributed by atoms with van der Waals surface area (Å²) in [5, 5.41) is 10.7. The summed E-state index contributed by atoms with van der Waals surface area (Å²) >= 11 is 0. The molecule has 10 nitrogen and oxygen atoms in total. The topological polar surface area (TPSA) is 111 Å². The summed E-state index contributed by atoms with van der Waals surface area (Å²) in [5.74, 6) is -3.21. The predicted octanol–water partition coefficient (Wildman–Crippen LogP) is 5.76. The van der Waals surface area contributed by atoms with Gasteiger partial charge in [-0.25, -0.2) is 0 Å². The van der Waals surface area contributed by atoms with Gasteiger partial charge >= 0.3 is 0 Å². The Morgan fingerprint density at radius 1 is 0.643 bits per heavy atom. The lowest BCUT2D eigenvalue weighted by molar-refractivity contribution is -0.146. The van der Waals surface area contributed by atoms with Crippen molar-refractivity contribution in [2.75, 3.05) is 32.8 Å². The second-order valence-corrected chi connectivity index (χ2v) is 16.8. The second kappa shape index (κ2) is 15.3. The molecule has 56 heavy (non-hydrogen) atoms. The van der Waals surface area contributed by atoms with Crippen LogP contribution < -0.4 is 4.74 Å². The Morgan fingerprint density at radius 2 is 1.18 bits per heavy atom. The fourth-order valence-corrected chi connectivity index (χ4v) is 11.1. The van der Waals surface area contributed by atoms with Crippen LogP contribution in [0.25, 0.3) is 0 Å². The number of likely N-dealkylation sites (tertiary alicyclic amines) is 4. The molecule has 4 aliphatic heterocycles. The number of carbonyl (C=O) groups is 4. The lowest BCUT2D eigenvalue weighted by atomic mass is 9.57. The maximum atomic E-state index is 14.8. The summed E-state index contributed by atoms with van der Waals surface area (Å²) < 4.78 is 5.81. The molecule has 0 aromatic heterocycles. The van der Waals surface area contributed by atoms with Gasteiger partial charge in [0.25, 0.3) is 0 Å². The average molecular weight is 757 g/mol. The maximum Gasteiger partial charge on any atom is 0.234 e. The van der Waals surface area contributed by atoms with Gasteiger partial charge in [-0.1, -0.05) is 78.4 Å². The fraction of sp³-hybridized carbons (Fsp3) is 0.478. The number of amides is 4. The van der Waals surface area contributed by atoms with Crippen molar-refractivity contribution in [3.63, 3.8) is 0 Å². The molecule has 1 saturated carbocycles. The molecule has 4 amide bonds. The van der Waals surface area contributed by atoms with Crippen molar-refractivity contribution < 1.29 is 29.0 Å². The summed E-state index contributed by atoms with van der Waals surface area (Å²) in [4.78, 5) is 66.3. The van der Waals surface area contributed by atoms with Gasteiger partial charge < -0.3 is 9.84 Å². The number of hydrogen-bond acceptors (Lipinski definition) is 8. The normalized spacial score (nSPS) is 29.0. The molecule has 5 fully saturated rings. The fourth-order valence-electron chi connectivity index (χ4n) is 11.1. The molecule has 9 rings (SSSR count). The van der Waals surface area contributed by atoms with Crippen LogP contribution in [0.1, 0.15) is 68.1 Å². The number of piperidine rings is 2. The van der Waals surface area contributed by atoms with E-state index in [1.54, 1.807) is 21.9 Å². The zero-order chi connectivity index (χ0) is 38.5. The number of phenols is 1. The van der Waals surface area contributed by atoms with Gasteiger partial charge in [-0.05, 0) is 80.2 Å². The van der Waals surface area contributed by atoms with Crippen molar-refractivity contribution in [2.24, 2.45) is 29.6 Å². The molecule has 0 radical (unpaired) electrons. The molecule has 1 N–H and O–H groups in total. The van der Waals surface area contributed by atoms with Gasteiger partial charge in [-0.2, -0.15) is 0 Å². The van der Waals surface area contributed by atoms with Crippen molar-refractivity contribution in [3.05, 3.63) is 107 Å². The zero-order valence-electron chi connectivity index (χ0n) is 32.2. The Bertz CT molecular complexity index is 2000. The molecule has 6 unspecified atom stereocenters. The molecule has 3 aromatic rings. The Morgan fingerprint density at radius 3 is 1.73 bits per heavy atom. The van der Waals surface area contributed by atoms with E-state index in [0.29, 0.717) is 38.0 Å². The first-order chi connectivity index (χ1) is 27.3. The van der Waals surface area contributed by atoms with Crippen molar-refractivity contribution >= 4 is 23.6 Å². The Balaban J connectivity index is 0.979. The maximum absolute atomic E-state index is 14.8. The molecular formula is C46H52N4O6. The number of ether oxygens (including phenoxy) is 1. The van der Waals surface area contributed by atoms with Gasteiger partial charge in [0.1, 0.15) is 0 Å². The van der Waals surface area contributed by atoms with Crippen LogP contribution in [0.2, 0.25) is 0 Å². The third-order valence-corrected chi connectivity index (χ3v) is 13.7. The van der Waals surface area contributed by atoms with Crippen molar-refractivity contribution in [2.45, 2.75) is 76.5 Å². The Kier molecular flexibility index (Phi) is 10.0. The van der Waals surface area contributed by atoms with Crippen LogP contribution in [0.3, 0.4) is 0 Å². The third-order valence-electron chi connectivity index (χ3n) is 13.7. The van der Waals surface area contributed by atoms with E-state index in [1.807, 2.05) is 37.3 Å². The molecule has 292 valence electrons. The number of allylic oxidation sites excluding steroid dienone is 2. The van der Waals surface area contributed by atoms with E-state index in [0.717, 1.165) is 63.2 Å². The summed E-state index contributed by atoms with van der Waals surface area (Å²) in [7, 11) is 0. The summed E-state index contributed by atoms with van der Waals surface area (Å²) in [6.07, 6.45) is 5.82.